The Labute approximate surface area is 433 Å². The highest BCUT2D eigenvalue weighted by molar-refractivity contribution is 6.31. The first-order chi connectivity index (χ1) is 35.9. The Morgan fingerprint density at radius 3 is 2.31 bits per heavy atom. The Morgan fingerprint density at radius 1 is 0.933 bits per heavy atom. The molecule has 3 heterocycles. The number of hydrogen-bond acceptors (Lipinski definition) is 15. The summed E-state index contributed by atoms with van der Waals surface area (Å²) in [6.45, 7) is 10.6. The van der Waals surface area contributed by atoms with Crippen molar-refractivity contribution in [2.24, 2.45) is 7.05 Å². The van der Waals surface area contributed by atoms with Crippen molar-refractivity contribution >= 4 is 46.4 Å². The molecule has 2 aliphatic carbocycles. The average molecular weight is 1030 g/mol. The van der Waals surface area contributed by atoms with Crippen molar-refractivity contribution in [2.45, 2.75) is 110 Å². The number of rotatable bonds is 15. The lowest BCUT2D eigenvalue weighted by molar-refractivity contribution is -0.249. The second-order valence-electron chi connectivity index (χ2n) is 18.2. The first-order valence-electron chi connectivity index (χ1n) is 24.7. The van der Waals surface area contributed by atoms with E-state index in [1.807, 2.05) is 20.8 Å². The quantitative estimate of drug-likeness (QED) is 0.0311. The minimum atomic E-state index is -2.10. The zero-order chi connectivity index (χ0) is 54.5. The van der Waals surface area contributed by atoms with Crippen LogP contribution in [0.3, 0.4) is 0 Å². The Morgan fingerprint density at radius 2 is 1.65 bits per heavy atom. The molecule has 0 saturated carbocycles. The number of hydrogen-bond donors (Lipinski definition) is 8. The number of nitrogens with one attached hydrogen (secondary N) is 4. The van der Waals surface area contributed by atoms with Gasteiger partial charge in [0.15, 0.2) is 17.9 Å². The normalized spacial score (nSPS) is 21.1. The van der Waals surface area contributed by atoms with E-state index >= 15 is 0 Å². The SMILES string of the molecule is C/C=C(\C=C(/CC)C(=O)Nc1cc(C(=O)Nc2ccc(CNC3CC(OC4CC(O)(C(C)=O)Cc5c(O)c6c(c(O)c54)C(=O)c4c(OC)cccc4C6=O)OC(C)C3O)cc2)n(C)c1)NC(=O)c1ccccn1.CC. The van der Waals surface area contributed by atoms with Crippen molar-refractivity contribution in [3.8, 4) is 17.2 Å². The highest BCUT2D eigenvalue weighted by Gasteiger charge is 2.49. The van der Waals surface area contributed by atoms with Gasteiger partial charge in [-0.15, -0.1) is 0 Å². The Balaban J connectivity index is 0.00000405. The molecule has 19 nitrogen and oxygen atoms in total. The minimum absolute atomic E-state index is 0.0422. The predicted molar refractivity (Wildman–Crippen MR) is 277 cm³/mol. The number of methoxy groups -OCH3 is 1. The van der Waals surface area contributed by atoms with Crippen LogP contribution in [0, 0.1) is 0 Å². The molecule has 1 aliphatic heterocycles. The van der Waals surface area contributed by atoms with Crippen LogP contribution in [0.25, 0.3) is 0 Å². The number of aliphatic hydroxyl groups is 2. The summed E-state index contributed by atoms with van der Waals surface area (Å²) in [7, 11) is 3.00. The number of carbonyl (C=O) groups is 6. The van der Waals surface area contributed by atoms with Crippen LogP contribution in [-0.2, 0) is 39.1 Å². The number of anilines is 2. The summed E-state index contributed by atoms with van der Waals surface area (Å²) >= 11 is 0. The summed E-state index contributed by atoms with van der Waals surface area (Å²) in [6.07, 6.45) is 1.65. The number of phenols is 2. The number of benzene rings is 3. The van der Waals surface area contributed by atoms with E-state index in [0.717, 1.165) is 5.56 Å². The van der Waals surface area contributed by atoms with Crippen molar-refractivity contribution in [3.63, 3.8) is 0 Å². The number of aromatic nitrogens is 2. The summed E-state index contributed by atoms with van der Waals surface area (Å²) < 4.78 is 19.4. The van der Waals surface area contributed by atoms with E-state index in [1.54, 1.807) is 92.3 Å². The summed E-state index contributed by atoms with van der Waals surface area (Å²) in [4.78, 5) is 84.4. The highest BCUT2D eigenvalue weighted by atomic mass is 16.7. The first-order valence-corrected chi connectivity index (χ1v) is 24.7. The molecule has 3 aliphatic rings. The van der Waals surface area contributed by atoms with Gasteiger partial charge in [0, 0.05) is 84.9 Å². The molecule has 0 spiro atoms. The van der Waals surface area contributed by atoms with E-state index in [4.69, 9.17) is 14.2 Å². The number of allylic oxidation sites excluding steroid dienone is 2. The van der Waals surface area contributed by atoms with Crippen LogP contribution < -0.4 is 26.0 Å². The molecule has 8 rings (SSSR count). The molecule has 6 unspecified atom stereocenters. The van der Waals surface area contributed by atoms with E-state index in [-0.39, 0.29) is 52.4 Å². The number of phenolic OH excluding ortho intramolecular Hbond substituents is 2. The monoisotopic (exact) mass is 1030 g/mol. The molecular formula is C56H62N6O13. The topological polar surface area (TPSA) is 277 Å². The van der Waals surface area contributed by atoms with Crippen molar-refractivity contribution in [1.82, 2.24) is 20.2 Å². The van der Waals surface area contributed by atoms with E-state index < -0.39 is 107 Å². The lowest BCUT2D eigenvalue weighted by Gasteiger charge is -2.43. The Hall–Kier alpha value is -7.81. The third-order valence-electron chi connectivity index (χ3n) is 13.5. The third kappa shape index (κ3) is 11.3. The highest BCUT2D eigenvalue weighted by Crippen LogP contribution is 2.52. The van der Waals surface area contributed by atoms with E-state index in [1.165, 1.54) is 38.4 Å². The van der Waals surface area contributed by atoms with Gasteiger partial charge in [0.2, 0.25) is 5.78 Å². The molecule has 3 amide bonds. The summed E-state index contributed by atoms with van der Waals surface area (Å²) in [5.41, 5.74) is -0.417. The van der Waals surface area contributed by atoms with Crippen molar-refractivity contribution in [1.29, 1.82) is 0 Å². The van der Waals surface area contributed by atoms with Crippen LogP contribution in [0.15, 0.2) is 103 Å². The molecule has 3 aromatic carbocycles. The summed E-state index contributed by atoms with van der Waals surface area (Å²) in [5.74, 6) is -4.68. The minimum Gasteiger partial charge on any atom is -0.507 e. The maximum atomic E-state index is 14.1. The summed E-state index contributed by atoms with van der Waals surface area (Å²) in [5, 5.41) is 58.3. The molecular weight excluding hydrogens is 965 g/mol. The second kappa shape index (κ2) is 23.2. The van der Waals surface area contributed by atoms with Crippen LogP contribution in [-0.4, -0.2) is 102 Å². The fourth-order valence-electron chi connectivity index (χ4n) is 9.45. The number of amides is 3. The molecule has 8 N–H and O–H groups in total. The van der Waals surface area contributed by atoms with Gasteiger partial charge in [0.25, 0.3) is 17.7 Å². The third-order valence-corrected chi connectivity index (χ3v) is 13.5. The smallest absolute Gasteiger partial charge is 0.274 e. The standard InChI is InChI=1S/C54H56N6O13.C2H6/c1-7-30(20-31(8-2)57-52(68)36-13-9-10-19-55-36)51(67)59-33-21-38(60(5)26-33)53(69)58-32-17-15-29(16-18-32)25-56-37-22-41(72-27(3)46(37)62)73-40-24-54(70,28(4)61)23-35-43(40)50(66)45-44(48(35)64)47(63)34-12-11-14-39(71-6)42(34)49(45)65;1-2/h8-21,26-27,37,40-41,46,56,62,64,66,70H,7,22-25H2,1-6H3,(H,57,68)(H,58,69)(H,59,67);1-2H3/b30-20+,31-8+;. The molecule has 75 heavy (non-hydrogen) atoms. The largest absolute Gasteiger partial charge is 0.507 e. The lowest BCUT2D eigenvalue weighted by atomic mass is 9.72. The summed E-state index contributed by atoms with van der Waals surface area (Å²) in [6, 6.07) is 17.3. The molecule has 1 fully saturated rings. The van der Waals surface area contributed by atoms with E-state index in [0.29, 0.717) is 29.1 Å². The van der Waals surface area contributed by atoms with Crippen LogP contribution in [0.1, 0.15) is 136 Å². The van der Waals surface area contributed by atoms with Crippen LogP contribution >= 0.6 is 0 Å². The van der Waals surface area contributed by atoms with Gasteiger partial charge in [-0.3, -0.25) is 33.8 Å². The molecule has 1 saturated heterocycles. The van der Waals surface area contributed by atoms with Gasteiger partial charge in [-0.05, 0) is 75.2 Å². The number of aliphatic hydroxyl groups excluding tert-OH is 1. The predicted octanol–water partition coefficient (Wildman–Crippen LogP) is 6.48. The number of aryl methyl sites for hydroxylation is 1. The van der Waals surface area contributed by atoms with Gasteiger partial charge in [0.1, 0.15) is 34.2 Å². The van der Waals surface area contributed by atoms with Crippen molar-refractivity contribution in [3.05, 3.63) is 153 Å². The molecule has 6 atom stereocenters. The number of aromatic hydroxyl groups is 2. The number of fused-ring (bicyclic) bond motifs is 3. The molecule has 19 heteroatoms. The Bertz CT molecular complexity index is 3090. The van der Waals surface area contributed by atoms with Crippen molar-refractivity contribution in [2.75, 3.05) is 17.7 Å². The van der Waals surface area contributed by atoms with E-state index in [9.17, 15) is 49.2 Å². The number of ketones is 3. The van der Waals surface area contributed by atoms with Gasteiger partial charge >= 0.3 is 0 Å². The van der Waals surface area contributed by atoms with Gasteiger partial charge < -0.3 is 60.5 Å². The fourth-order valence-corrected chi connectivity index (χ4v) is 9.45. The zero-order valence-corrected chi connectivity index (χ0v) is 42.9. The number of pyridine rings is 1. The number of ether oxygens (including phenoxy) is 3. The molecule has 5 aromatic rings. The van der Waals surface area contributed by atoms with Crippen LogP contribution in [0.5, 0.6) is 17.2 Å². The van der Waals surface area contributed by atoms with Gasteiger partial charge in [-0.2, -0.15) is 0 Å². The number of nitrogens with zero attached hydrogens (tertiary/aromatic N) is 2. The fraction of sp³-hybridized carbons (Fsp3) is 0.339. The van der Waals surface area contributed by atoms with Crippen LogP contribution in [0.4, 0.5) is 11.4 Å². The van der Waals surface area contributed by atoms with Crippen LogP contribution in [0.2, 0.25) is 0 Å². The van der Waals surface area contributed by atoms with E-state index in [2.05, 4.69) is 26.3 Å². The average Bonchev–Trinajstić information content (AvgIpc) is 3.80. The van der Waals surface area contributed by atoms with Gasteiger partial charge in [-0.25, -0.2) is 0 Å². The molecule has 0 bridgehead atoms. The second-order valence-corrected chi connectivity index (χ2v) is 18.2. The van der Waals surface area contributed by atoms with Crippen molar-refractivity contribution < 1.29 is 63.4 Å². The number of carbonyl (C=O) groups excluding carboxylic acids is 6. The van der Waals surface area contributed by atoms with Gasteiger partial charge in [0.05, 0.1) is 47.8 Å². The molecule has 0 radical (unpaired) electrons. The Kier molecular flexibility index (Phi) is 17.0. The van der Waals surface area contributed by atoms with Gasteiger partial charge in [-0.1, -0.05) is 57.2 Å². The molecule has 394 valence electrons. The lowest BCUT2D eigenvalue weighted by Crippen LogP contribution is -2.54. The maximum absolute atomic E-state index is 14.1. The molecule has 2 aromatic heterocycles. The first kappa shape index (κ1) is 55.0. The maximum Gasteiger partial charge on any atom is 0.274 e. The number of Topliss-reactive ketones (excluding diaryl/α,β-unsaturated/α-hetero) is 1. The zero-order valence-electron chi connectivity index (χ0n) is 42.9.